The number of aryl methyl sites for hydroxylation is 1. The number of fused-ring (bicyclic) bond motifs is 1. The van der Waals surface area contributed by atoms with E-state index in [1.54, 1.807) is 6.20 Å². The van der Waals surface area contributed by atoms with Crippen LogP contribution in [0.5, 0.6) is 0 Å². The molecule has 2 aromatic heterocycles. The molecule has 0 aliphatic heterocycles. The largest absolute Gasteiger partial charge is 0.264 e. The van der Waals surface area contributed by atoms with E-state index >= 15 is 0 Å². The fourth-order valence-electron chi connectivity index (χ4n) is 1.59. The third-order valence-electron chi connectivity index (χ3n) is 2.37. The molecular weight excluding hydrogens is 202 g/mol. The van der Waals surface area contributed by atoms with Crippen LogP contribution in [0.3, 0.4) is 0 Å². The highest BCUT2D eigenvalue weighted by atomic mass is 15.6. The van der Waals surface area contributed by atoms with E-state index in [1.165, 1.54) is 4.80 Å². The van der Waals surface area contributed by atoms with Crippen molar-refractivity contribution in [3.8, 4) is 5.69 Å². The summed E-state index contributed by atoms with van der Waals surface area (Å²) in [5.41, 5.74) is 0.890. The van der Waals surface area contributed by atoms with E-state index < -0.39 is 0 Å². The van der Waals surface area contributed by atoms with Gasteiger partial charge in [-0.3, -0.25) is 4.98 Å². The van der Waals surface area contributed by atoms with Gasteiger partial charge in [-0.1, -0.05) is 6.07 Å². The van der Waals surface area contributed by atoms with Crippen molar-refractivity contribution < 1.29 is 0 Å². The molecule has 0 radical (unpaired) electrons. The second-order valence-electron chi connectivity index (χ2n) is 3.53. The Kier molecular flexibility index (Phi) is 1.89. The molecule has 0 fully saturated rings. The fraction of sp³-hybridized carbons (Fsp3) is 0.0909. The molecule has 78 valence electrons. The molecule has 1 aromatic carbocycles. The highest BCUT2D eigenvalue weighted by Gasteiger charge is 2.02. The summed E-state index contributed by atoms with van der Waals surface area (Å²) < 4.78 is 0. The maximum atomic E-state index is 4.16. The van der Waals surface area contributed by atoms with Gasteiger partial charge in [0.15, 0.2) is 5.82 Å². The van der Waals surface area contributed by atoms with E-state index in [0.717, 1.165) is 16.5 Å². The van der Waals surface area contributed by atoms with Crippen molar-refractivity contribution in [2.24, 2.45) is 0 Å². The lowest BCUT2D eigenvalue weighted by Crippen LogP contribution is -1.98. The van der Waals surface area contributed by atoms with Crippen LogP contribution in [0.4, 0.5) is 0 Å². The summed E-state index contributed by atoms with van der Waals surface area (Å²) in [4.78, 5) is 5.60. The van der Waals surface area contributed by atoms with Crippen LogP contribution in [0, 0.1) is 6.92 Å². The molecule has 0 aliphatic rings. The second-order valence-corrected chi connectivity index (χ2v) is 3.53. The average Bonchev–Trinajstić information content (AvgIpc) is 2.75. The standard InChI is InChI=1S/C11H9N5/c1-8-13-15-16(14-8)11-3-2-9-4-5-12-7-10(9)6-11/h2-7H,1H3. The first-order valence-corrected chi connectivity index (χ1v) is 4.94. The van der Waals surface area contributed by atoms with Gasteiger partial charge >= 0.3 is 0 Å². The number of pyridine rings is 1. The minimum Gasteiger partial charge on any atom is -0.264 e. The van der Waals surface area contributed by atoms with Gasteiger partial charge in [0.1, 0.15) is 0 Å². The van der Waals surface area contributed by atoms with Crippen molar-refractivity contribution in [2.45, 2.75) is 6.92 Å². The van der Waals surface area contributed by atoms with Crippen LogP contribution in [0.2, 0.25) is 0 Å². The molecule has 0 saturated heterocycles. The molecular formula is C11H9N5. The number of nitrogens with zero attached hydrogens (tertiary/aromatic N) is 5. The second kappa shape index (κ2) is 3.37. The first kappa shape index (κ1) is 8.96. The lowest BCUT2D eigenvalue weighted by molar-refractivity contribution is 0.719. The molecule has 16 heavy (non-hydrogen) atoms. The van der Waals surface area contributed by atoms with E-state index in [9.17, 15) is 0 Å². The zero-order valence-corrected chi connectivity index (χ0v) is 8.70. The number of tetrazole rings is 1. The van der Waals surface area contributed by atoms with Gasteiger partial charge in [-0.15, -0.1) is 15.0 Å². The first-order valence-electron chi connectivity index (χ1n) is 4.94. The minimum atomic E-state index is 0.659. The predicted octanol–water partition coefficient (Wildman–Crippen LogP) is 1.52. The molecule has 0 saturated carbocycles. The summed E-state index contributed by atoms with van der Waals surface area (Å²) in [5.74, 6) is 0.659. The van der Waals surface area contributed by atoms with Crippen LogP contribution in [0.1, 0.15) is 5.82 Å². The SMILES string of the molecule is Cc1nnn(-c2ccc3ccncc3c2)n1. The lowest BCUT2D eigenvalue weighted by Gasteiger charge is -2.00. The maximum absolute atomic E-state index is 4.16. The fourth-order valence-corrected chi connectivity index (χ4v) is 1.59. The summed E-state index contributed by atoms with van der Waals surface area (Å²) in [5, 5.41) is 14.2. The molecule has 0 bridgehead atoms. The molecule has 0 aliphatic carbocycles. The molecule has 3 aromatic rings. The molecule has 3 rings (SSSR count). The average molecular weight is 211 g/mol. The van der Waals surface area contributed by atoms with Crippen LogP contribution >= 0.6 is 0 Å². The Hall–Kier alpha value is -2.30. The Morgan fingerprint density at radius 2 is 2.06 bits per heavy atom. The summed E-state index contributed by atoms with van der Waals surface area (Å²) in [6, 6.07) is 7.94. The number of hydrogen-bond acceptors (Lipinski definition) is 4. The van der Waals surface area contributed by atoms with Gasteiger partial charge < -0.3 is 0 Å². The molecule has 0 spiro atoms. The van der Waals surface area contributed by atoms with Gasteiger partial charge in [0, 0.05) is 17.8 Å². The lowest BCUT2D eigenvalue weighted by atomic mass is 10.1. The number of benzene rings is 1. The summed E-state index contributed by atoms with van der Waals surface area (Å²) in [6.45, 7) is 1.81. The van der Waals surface area contributed by atoms with E-state index in [2.05, 4.69) is 20.4 Å². The molecule has 5 nitrogen and oxygen atoms in total. The zero-order chi connectivity index (χ0) is 11.0. The van der Waals surface area contributed by atoms with E-state index in [-0.39, 0.29) is 0 Å². The molecule has 0 unspecified atom stereocenters. The Labute approximate surface area is 91.7 Å². The van der Waals surface area contributed by atoms with Crippen LogP contribution in [0.15, 0.2) is 36.7 Å². The van der Waals surface area contributed by atoms with Gasteiger partial charge in [0.2, 0.25) is 0 Å². The normalized spacial score (nSPS) is 10.8. The van der Waals surface area contributed by atoms with Gasteiger partial charge in [-0.2, -0.15) is 0 Å². The predicted molar refractivity (Wildman–Crippen MR) is 59.2 cm³/mol. The third-order valence-corrected chi connectivity index (χ3v) is 2.37. The van der Waals surface area contributed by atoms with Crippen molar-refractivity contribution in [1.29, 1.82) is 0 Å². The van der Waals surface area contributed by atoms with Gasteiger partial charge in [0.25, 0.3) is 0 Å². The minimum absolute atomic E-state index is 0.659. The van der Waals surface area contributed by atoms with E-state index in [0.29, 0.717) is 5.82 Å². The van der Waals surface area contributed by atoms with Crippen molar-refractivity contribution >= 4 is 10.8 Å². The smallest absolute Gasteiger partial charge is 0.172 e. The Morgan fingerprint density at radius 3 is 2.88 bits per heavy atom. The van der Waals surface area contributed by atoms with Crippen molar-refractivity contribution in [3.63, 3.8) is 0 Å². The summed E-state index contributed by atoms with van der Waals surface area (Å²) in [7, 11) is 0. The Bertz CT molecular complexity index is 643. The summed E-state index contributed by atoms with van der Waals surface area (Å²) >= 11 is 0. The van der Waals surface area contributed by atoms with Gasteiger partial charge in [0.05, 0.1) is 5.69 Å². The molecule has 0 N–H and O–H groups in total. The highest BCUT2D eigenvalue weighted by molar-refractivity contribution is 5.83. The van der Waals surface area contributed by atoms with Crippen LogP contribution in [-0.4, -0.2) is 25.2 Å². The number of hydrogen-bond donors (Lipinski definition) is 0. The van der Waals surface area contributed by atoms with Crippen LogP contribution < -0.4 is 0 Å². The topological polar surface area (TPSA) is 56.5 Å². The van der Waals surface area contributed by atoms with Gasteiger partial charge in [-0.25, -0.2) is 0 Å². The van der Waals surface area contributed by atoms with Crippen molar-refractivity contribution in [1.82, 2.24) is 25.2 Å². The van der Waals surface area contributed by atoms with Crippen LogP contribution in [-0.2, 0) is 0 Å². The Morgan fingerprint density at radius 1 is 1.12 bits per heavy atom. The highest BCUT2D eigenvalue weighted by Crippen LogP contribution is 2.15. The molecule has 5 heteroatoms. The van der Waals surface area contributed by atoms with E-state index in [1.807, 2.05) is 37.4 Å². The quantitative estimate of drug-likeness (QED) is 0.612. The summed E-state index contributed by atoms with van der Waals surface area (Å²) in [6.07, 6.45) is 3.60. The monoisotopic (exact) mass is 211 g/mol. The maximum Gasteiger partial charge on any atom is 0.172 e. The first-order chi connectivity index (χ1) is 7.83. The number of rotatable bonds is 1. The molecule has 0 amide bonds. The number of aromatic nitrogens is 5. The molecule has 0 atom stereocenters. The van der Waals surface area contributed by atoms with Crippen molar-refractivity contribution in [2.75, 3.05) is 0 Å². The van der Waals surface area contributed by atoms with Crippen molar-refractivity contribution in [3.05, 3.63) is 42.5 Å². The Balaban J connectivity index is 2.18. The van der Waals surface area contributed by atoms with Gasteiger partial charge in [-0.05, 0) is 35.7 Å². The van der Waals surface area contributed by atoms with E-state index in [4.69, 9.17) is 0 Å². The molecule has 2 heterocycles. The third kappa shape index (κ3) is 1.42. The van der Waals surface area contributed by atoms with Crippen LogP contribution in [0.25, 0.3) is 16.5 Å². The zero-order valence-electron chi connectivity index (χ0n) is 8.70.